The Hall–Kier alpha value is -1.63. The summed E-state index contributed by atoms with van der Waals surface area (Å²) < 4.78 is 0. The molecule has 0 aromatic carbocycles. The quantitative estimate of drug-likeness (QED) is 0.368. The van der Waals surface area contributed by atoms with E-state index in [2.05, 4.69) is 10.1 Å². The third-order valence-corrected chi connectivity index (χ3v) is 4.25. The van der Waals surface area contributed by atoms with Gasteiger partial charge in [-0.1, -0.05) is 5.16 Å². The molecule has 2 rings (SSSR count). The van der Waals surface area contributed by atoms with Crippen molar-refractivity contribution in [3.05, 3.63) is 16.1 Å². The van der Waals surface area contributed by atoms with Crippen LogP contribution in [0.5, 0.6) is 0 Å². The third-order valence-electron chi connectivity index (χ3n) is 3.33. The lowest BCUT2D eigenvalue weighted by molar-refractivity contribution is -0.133. The molecule has 1 aliphatic carbocycles. The van der Waals surface area contributed by atoms with Crippen LogP contribution in [0.4, 0.5) is 0 Å². The van der Waals surface area contributed by atoms with Gasteiger partial charge < -0.3 is 15.8 Å². The highest BCUT2D eigenvalue weighted by molar-refractivity contribution is 7.09. The second-order valence-electron chi connectivity index (χ2n) is 4.59. The average molecular weight is 268 g/mol. The lowest BCUT2D eigenvalue weighted by Crippen LogP contribution is -2.41. The van der Waals surface area contributed by atoms with Crippen LogP contribution in [-0.4, -0.2) is 33.9 Å². The molecule has 0 spiro atoms. The van der Waals surface area contributed by atoms with E-state index in [0.717, 1.165) is 10.6 Å². The maximum atomic E-state index is 12.3. The molecule has 98 valence electrons. The Morgan fingerprint density at radius 2 is 2.39 bits per heavy atom. The number of oxime groups is 1. The Labute approximate surface area is 109 Å². The molecule has 1 aliphatic rings. The first-order valence-corrected chi connectivity index (χ1v) is 6.52. The number of nitrogens with zero attached hydrogens (tertiary/aromatic N) is 3. The van der Waals surface area contributed by atoms with Crippen molar-refractivity contribution in [2.24, 2.45) is 16.3 Å². The fraction of sp³-hybridized carbons (Fsp3) is 0.545. The normalized spacial score (nSPS) is 17.6. The lowest BCUT2D eigenvalue weighted by atomic mass is 10.0. The molecule has 0 atom stereocenters. The van der Waals surface area contributed by atoms with Gasteiger partial charge in [-0.3, -0.25) is 4.79 Å². The summed E-state index contributed by atoms with van der Waals surface area (Å²) in [4.78, 5) is 19.1. The van der Waals surface area contributed by atoms with E-state index in [0.29, 0.717) is 19.4 Å². The number of thiazole rings is 1. The number of hydrogen-bond donors (Lipinski definition) is 2. The highest BCUT2D eigenvalue weighted by Crippen LogP contribution is 2.47. The zero-order valence-corrected chi connectivity index (χ0v) is 11.2. The zero-order chi connectivity index (χ0) is 13.3. The highest BCUT2D eigenvalue weighted by Gasteiger charge is 2.55. The van der Waals surface area contributed by atoms with Crippen molar-refractivity contribution >= 4 is 23.1 Å². The molecule has 6 nitrogen and oxygen atoms in total. The number of hydrogen-bond acceptors (Lipinski definition) is 5. The van der Waals surface area contributed by atoms with Crippen molar-refractivity contribution in [3.63, 3.8) is 0 Å². The monoisotopic (exact) mass is 268 g/mol. The Morgan fingerprint density at radius 1 is 1.72 bits per heavy atom. The van der Waals surface area contributed by atoms with E-state index in [1.807, 2.05) is 6.92 Å². The minimum atomic E-state index is -0.776. The van der Waals surface area contributed by atoms with E-state index >= 15 is 0 Å². The smallest absolute Gasteiger partial charge is 0.236 e. The molecule has 1 heterocycles. The topological polar surface area (TPSA) is 91.8 Å². The predicted octanol–water partition coefficient (Wildman–Crippen LogP) is 0.937. The Bertz CT molecular complexity index is 493. The number of aryl methyl sites for hydroxylation is 1. The molecule has 1 aromatic rings. The van der Waals surface area contributed by atoms with E-state index in [1.165, 1.54) is 11.3 Å². The molecule has 0 radical (unpaired) electrons. The molecule has 1 amide bonds. The molecule has 3 N–H and O–H groups in total. The van der Waals surface area contributed by atoms with Crippen molar-refractivity contribution in [2.75, 3.05) is 7.05 Å². The Kier molecular flexibility index (Phi) is 3.25. The van der Waals surface area contributed by atoms with Gasteiger partial charge in [-0.25, -0.2) is 4.98 Å². The van der Waals surface area contributed by atoms with E-state index in [-0.39, 0.29) is 11.7 Å². The summed E-state index contributed by atoms with van der Waals surface area (Å²) in [6.45, 7) is 2.43. The van der Waals surface area contributed by atoms with Crippen molar-refractivity contribution in [1.29, 1.82) is 0 Å². The largest absolute Gasteiger partial charge is 0.409 e. The molecular weight excluding hydrogens is 252 g/mol. The molecular formula is C11H16N4O2S. The summed E-state index contributed by atoms with van der Waals surface area (Å²) >= 11 is 1.52. The second kappa shape index (κ2) is 4.56. The van der Waals surface area contributed by atoms with Crippen LogP contribution in [0.1, 0.15) is 23.4 Å². The fourth-order valence-corrected chi connectivity index (χ4v) is 2.76. The van der Waals surface area contributed by atoms with E-state index in [1.54, 1.807) is 17.5 Å². The van der Waals surface area contributed by atoms with Crippen LogP contribution in [0, 0.1) is 12.3 Å². The van der Waals surface area contributed by atoms with E-state index < -0.39 is 5.41 Å². The van der Waals surface area contributed by atoms with Crippen LogP contribution < -0.4 is 5.73 Å². The van der Waals surface area contributed by atoms with Gasteiger partial charge in [0.2, 0.25) is 5.91 Å². The average Bonchev–Trinajstić information content (AvgIpc) is 3.08. The van der Waals surface area contributed by atoms with E-state index in [9.17, 15) is 4.79 Å². The third kappa shape index (κ3) is 2.05. The number of rotatable bonds is 4. The Balaban J connectivity index is 2.09. The molecule has 0 aliphatic heterocycles. The number of amidine groups is 1. The Morgan fingerprint density at radius 3 is 2.83 bits per heavy atom. The minimum Gasteiger partial charge on any atom is -0.409 e. The number of amides is 1. The molecule has 0 bridgehead atoms. The summed E-state index contributed by atoms with van der Waals surface area (Å²) in [5, 5.41) is 11.7. The van der Waals surface area contributed by atoms with E-state index in [4.69, 9.17) is 10.9 Å². The van der Waals surface area contributed by atoms with Gasteiger partial charge in [-0.2, -0.15) is 0 Å². The SMILES string of the molecule is Cc1ncsc1CN(C)C(=O)C1(C(N)=NO)CC1. The first-order valence-electron chi connectivity index (χ1n) is 5.64. The van der Waals surface area contributed by atoms with Crippen LogP contribution in [0.2, 0.25) is 0 Å². The van der Waals surface area contributed by atoms with Crippen LogP contribution in [0.3, 0.4) is 0 Å². The minimum absolute atomic E-state index is 0.0142. The summed E-state index contributed by atoms with van der Waals surface area (Å²) in [7, 11) is 1.73. The molecule has 18 heavy (non-hydrogen) atoms. The molecule has 7 heteroatoms. The van der Waals surface area contributed by atoms with Gasteiger partial charge in [0.15, 0.2) is 5.84 Å². The number of nitrogens with two attached hydrogens (primary N) is 1. The lowest BCUT2D eigenvalue weighted by Gasteiger charge is -2.22. The first-order chi connectivity index (χ1) is 8.51. The fourth-order valence-electron chi connectivity index (χ4n) is 1.93. The van der Waals surface area contributed by atoms with Gasteiger partial charge in [0.05, 0.1) is 17.7 Å². The van der Waals surface area contributed by atoms with Crippen molar-refractivity contribution in [2.45, 2.75) is 26.3 Å². The summed E-state index contributed by atoms with van der Waals surface area (Å²) in [5.41, 5.74) is 7.52. The van der Waals surface area contributed by atoms with Gasteiger partial charge in [0.1, 0.15) is 5.41 Å². The van der Waals surface area contributed by atoms with Gasteiger partial charge in [0, 0.05) is 11.9 Å². The molecule has 1 fully saturated rings. The maximum absolute atomic E-state index is 12.3. The van der Waals surface area contributed by atoms with Gasteiger partial charge in [-0.05, 0) is 19.8 Å². The van der Waals surface area contributed by atoms with Crippen molar-refractivity contribution in [3.8, 4) is 0 Å². The van der Waals surface area contributed by atoms with Gasteiger partial charge in [0.25, 0.3) is 0 Å². The zero-order valence-electron chi connectivity index (χ0n) is 10.4. The van der Waals surface area contributed by atoms with Crippen LogP contribution in [0.15, 0.2) is 10.7 Å². The molecule has 1 saturated carbocycles. The van der Waals surface area contributed by atoms with Crippen LogP contribution in [0.25, 0.3) is 0 Å². The number of carbonyl (C=O) groups excluding carboxylic acids is 1. The predicted molar refractivity (Wildman–Crippen MR) is 68.4 cm³/mol. The molecule has 0 saturated heterocycles. The first kappa shape index (κ1) is 12.8. The molecule has 0 unspecified atom stereocenters. The number of aromatic nitrogens is 1. The number of carbonyl (C=O) groups is 1. The highest BCUT2D eigenvalue weighted by atomic mass is 32.1. The molecule has 1 aromatic heterocycles. The summed E-state index contributed by atoms with van der Waals surface area (Å²) in [5.74, 6) is -0.0778. The van der Waals surface area contributed by atoms with Crippen molar-refractivity contribution in [1.82, 2.24) is 9.88 Å². The second-order valence-corrected chi connectivity index (χ2v) is 5.53. The maximum Gasteiger partial charge on any atom is 0.236 e. The van der Waals surface area contributed by atoms with Crippen molar-refractivity contribution < 1.29 is 10.0 Å². The van der Waals surface area contributed by atoms with Crippen LogP contribution in [-0.2, 0) is 11.3 Å². The van der Waals surface area contributed by atoms with Gasteiger partial charge in [-0.15, -0.1) is 11.3 Å². The standard InChI is InChI=1S/C11H16N4O2S/c1-7-8(18-6-13-7)5-15(2)10(16)11(3-4-11)9(12)14-17/h6,17H,3-5H2,1-2H3,(H2,12,14). The van der Waals surface area contributed by atoms with Gasteiger partial charge >= 0.3 is 0 Å². The summed E-state index contributed by atoms with van der Waals surface area (Å²) in [6, 6.07) is 0. The summed E-state index contributed by atoms with van der Waals surface area (Å²) in [6.07, 6.45) is 1.29. The van der Waals surface area contributed by atoms with Crippen LogP contribution >= 0.6 is 11.3 Å².